The van der Waals surface area contributed by atoms with Gasteiger partial charge < -0.3 is 15.2 Å². The van der Waals surface area contributed by atoms with E-state index in [1.165, 1.54) is 11.6 Å². The molecule has 26 heavy (non-hydrogen) atoms. The highest BCUT2D eigenvalue weighted by molar-refractivity contribution is 6.05. The highest BCUT2D eigenvalue weighted by Crippen LogP contribution is 2.22. The van der Waals surface area contributed by atoms with Gasteiger partial charge in [0, 0.05) is 5.56 Å². The second kappa shape index (κ2) is 8.72. The SMILES string of the molecule is O=C(Nc1ccccc1O)c1ccc(OCCCc2ccccc2)cc1. The topological polar surface area (TPSA) is 58.6 Å². The monoisotopic (exact) mass is 347 g/mol. The summed E-state index contributed by atoms with van der Waals surface area (Å²) in [5.74, 6) is 0.499. The predicted octanol–water partition coefficient (Wildman–Crippen LogP) is 4.66. The van der Waals surface area contributed by atoms with Crippen molar-refractivity contribution in [3.8, 4) is 11.5 Å². The van der Waals surface area contributed by atoms with Crippen LogP contribution in [-0.4, -0.2) is 17.6 Å². The number of aryl methyl sites for hydroxylation is 1. The summed E-state index contributed by atoms with van der Waals surface area (Å²) in [6, 6.07) is 23.9. The lowest BCUT2D eigenvalue weighted by atomic mass is 10.1. The number of hydrogen-bond acceptors (Lipinski definition) is 3. The number of hydrogen-bond donors (Lipinski definition) is 2. The average Bonchev–Trinajstić information content (AvgIpc) is 2.68. The summed E-state index contributed by atoms with van der Waals surface area (Å²) in [6.45, 7) is 0.623. The van der Waals surface area contributed by atoms with Crippen LogP contribution >= 0.6 is 0 Å². The Labute approximate surface area is 153 Å². The van der Waals surface area contributed by atoms with Gasteiger partial charge in [0.1, 0.15) is 11.5 Å². The van der Waals surface area contributed by atoms with Crippen LogP contribution in [0.25, 0.3) is 0 Å². The maximum Gasteiger partial charge on any atom is 0.255 e. The average molecular weight is 347 g/mol. The van der Waals surface area contributed by atoms with Crippen molar-refractivity contribution >= 4 is 11.6 Å². The number of aromatic hydroxyl groups is 1. The van der Waals surface area contributed by atoms with Crippen molar-refractivity contribution in [2.45, 2.75) is 12.8 Å². The Balaban J connectivity index is 1.48. The van der Waals surface area contributed by atoms with Crippen molar-refractivity contribution in [3.05, 3.63) is 90.0 Å². The van der Waals surface area contributed by atoms with E-state index in [9.17, 15) is 9.90 Å². The predicted molar refractivity (Wildman–Crippen MR) is 103 cm³/mol. The third-order valence-electron chi connectivity index (χ3n) is 3.99. The van der Waals surface area contributed by atoms with Gasteiger partial charge in [-0.1, -0.05) is 42.5 Å². The molecule has 3 rings (SSSR count). The van der Waals surface area contributed by atoms with Gasteiger partial charge in [-0.25, -0.2) is 0 Å². The second-order valence-corrected chi connectivity index (χ2v) is 5.93. The number of carbonyl (C=O) groups excluding carboxylic acids is 1. The number of nitrogens with one attached hydrogen (secondary N) is 1. The number of benzene rings is 3. The summed E-state index contributed by atoms with van der Waals surface area (Å²) in [4.78, 5) is 12.2. The molecule has 0 bridgehead atoms. The Bertz CT molecular complexity index is 845. The molecule has 3 aromatic rings. The zero-order valence-electron chi connectivity index (χ0n) is 14.4. The molecule has 4 heteroatoms. The van der Waals surface area contributed by atoms with Gasteiger partial charge in [-0.05, 0) is 54.8 Å². The first-order valence-electron chi connectivity index (χ1n) is 8.58. The van der Waals surface area contributed by atoms with Crippen LogP contribution < -0.4 is 10.1 Å². The number of amides is 1. The molecular weight excluding hydrogens is 326 g/mol. The lowest BCUT2D eigenvalue weighted by molar-refractivity contribution is 0.102. The van der Waals surface area contributed by atoms with Crippen LogP contribution in [0.4, 0.5) is 5.69 Å². The molecule has 0 saturated heterocycles. The summed E-state index contributed by atoms with van der Waals surface area (Å²) in [6.07, 6.45) is 1.90. The zero-order valence-corrected chi connectivity index (χ0v) is 14.4. The van der Waals surface area contributed by atoms with Crippen molar-refractivity contribution in [1.29, 1.82) is 0 Å². The van der Waals surface area contributed by atoms with Crippen LogP contribution in [0.1, 0.15) is 22.3 Å². The largest absolute Gasteiger partial charge is 0.506 e. The molecule has 0 spiro atoms. The smallest absolute Gasteiger partial charge is 0.255 e. The van der Waals surface area contributed by atoms with Crippen LogP contribution in [0, 0.1) is 0 Å². The van der Waals surface area contributed by atoms with E-state index in [1.54, 1.807) is 42.5 Å². The Morgan fingerprint density at radius 2 is 1.58 bits per heavy atom. The highest BCUT2D eigenvalue weighted by Gasteiger charge is 2.08. The van der Waals surface area contributed by atoms with Gasteiger partial charge in [-0.3, -0.25) is 4.79 Å². The quantitative estimate of drug-likeness (QED) is 0.483. The molecule has 0 aliphatic rings. The molecule has 4 nitrogen and oxygen atoms in total. The van der Waals surface area contributed by atoms with E-state index in [4.69, 9.17) is 4.74 Å². The van der Waals surface area contributed by atoms with Crippen molar-refractivity contribution in [2.24, 2.45) is 0 Å². The molecule has 0 aliphatic heterocycles. The molecule has 0 radical (unpaired) electrons. The van der Waals surface area contributed by atoms with E-state index in [0.717, 1.165) is 18.6 Å². The van der Waals surface area contributed by atoms with Crippen molar-refractivity contribution < 1.29 is 14.6 Å². The summed E-state index contributed by atoms with van der Waals surface area (Å²) >= 11 is 0. The lowest BCUT2D eigenvalue weighted by Gasteiger charge is -2.09. The zero-order chi connectivity index (χ0) is 18.2. The number of ether oxygens (including phenoxy) is 1. The van der Waals surface area contributed by atoms with Gasteiger partial charge in [0.2, 0.25) is 0 Å². The summed E-state index contributed by atoms with van der Waals surface area (Å²) in [5.41, 5.74) is 2.19. The fourth-order valence-electron chi connectivity index (χ4n) is 2.59. The molecule has 0 saturated carbocycles. The van der Waals surface area contributed by atoms with E-state index >= 15 is 0 Å². The highest BCUT2D eigenvalue weighted by atomic mass is 16.5. The Kier molecular flexibility index (Phi) is 5.88. The Morgan fingerprint density at radius 3 is 2.31 bits per heavy atom. The number of phenols is 1. The minimum absolute atomic E-state index is 0.0409. The van der Waals surface area contributed by atoms with E-state index in [0.29, 0.717) is 17.9 Å². The van der Waals surface area contributed by atoms with Crippen molar-refractivity contribution in [3.63, 3.8) is 0 Å². The normalized spacial score (nSPS) is 10.3. The molecule has 0 fully saturated rings. The van der Waals surface area contributed by atoms with Gasteiger partial charge >= 0.3 is 0 Å². The first-order chi connectivity index (χ1) is 12.7. The van der Waals surface area contributed by atoms with E-state index in [1.807, 2.05) is 18.2 Å². The molecule has 0 aliphatic carbocycles. The lowest BCUT2D eigenvalue weighted by Crippen LogP contribution is -2.11. The molecular formula is C22H21NO3. The minimum Gasteiger partial charge on any atom is -0.506 e. The fourth-order valence-corrected chi connectivity index (χ4v) is 2.59. The molecule has 0 aromatic heterocycles. The molecule has 1 amide bonds. The van der Waals surface area contributed by atoms with E-state index in [-0.39, 0.29) is 11.7 Å². The third kappa shape index (κ3) is 4.86. The van der Waals surface area contributed by atoms with Gasteiger partial charge in [0.05, 0.1) is 12.3 Å². The van der Waals surface area contributed by atoms with Crippen molar-refractivity contribution in [2.75, 3.05) is 11.9 Å². The maximum absolute atomic E-state index is 12.2. The summed E-state index contributed by atoms with van der Waals surface area (Å²) in [5, 5.41) is 12.4. The van der Waals surface area contributed by atoms with Crippen LogP contribution in [0.5, 0.6) is 11.5 Å². The Morgan fingerprint density at radius 1 is 0.885 bits per heavy atom. The summed E-state index contributed by atoms with van der Waals surface area (Å²) in [7, 11) is 0. The standard InChI is InChI=1S/C22H21NO3/c24-21-11-5-4-10-20(21)23-22(25)18-12-14-19(15-13-18)26-16-6-9-17-7-2-1-3-8-17/h1-5,7-8,10-15,24H,6,9,16H2,(H,23,25). The van der Waals surface area contributed by atoms with Gasteiger partial charge in [-0.15, -0.1) is 0 Å². The van der Waals surface area contributed by atoms with Crippen molar-refractivity contribution in [1.82, 2.24) is 0 Å². The molecule has 132 valence electrons. The molecule has 0 unspecified atom stereocenters. The van der Waals surface area contributed by atoms with Gasteiger partial charge in [0.15, 0.2) is 0 Å². The molecule has 0 heterocycles. The number of anilines is 1. The van der Waals surface area contributed by atoms with E-state index in [2.05, 4.69) is 17.4 Å². The van der Waals surface area contributed by atoms with Gasteiger partial charge in [-0.2, -0.15) is 0 Å². The van der Waals surface area contributed by atoms with Gasteiger partial charge in [0.25, 0.3) is 5.91 Å². The Hall–Kier alpha value is -3.27. The van der Waals surface area contributed by atoms with Crippen LogP contribution in [-0.2, 0) is 6.42 Å². The van der Waals surface area contributed by atoms with E-state index < -0.39 is 0 Å². The number of phenolic OH excluding ortho intramolecular Hbond substituents is 1. The fraction of sp³-hybridized carbons (Fsp3) is 0.136. The van der Waals surface area contributed by atoms with Crippen LogP contribution in [0.3, 0.4) is 0 Å². The molecule has 0 atom stereocenters. The number of para-hydroxylation sites is 2. The first-order valence-corrected chi connectivity index (χ1v) is 8.58. The maximum atomic E-state index is 12.2. The van der Waals surface area contributed by atoms with Crippen LogP contribution in [0.15, 0.2) is 78.9 Å². The number of rotatable bonds is 7. The summed E-state index contributed by atoms with van der Waals surface area (Å²) < 4.78 is 5.73. The number of carbonyl (C=O) groups is 1. The first kappa shape index (κ1) is 17.5. The minimum atomic E-state index is -0.276. The second-order valence-electron chi connectivity index (χ2n) is 5.93. The van der Waals surface area contributed by atoms with Crippen LogP contribution in [0.2, 0.25) is 0 Å². The molecule has 3 aromatic carbocycles. The third-order valence-corrected chi connectivity index (χ3v) is 3.99. The molecule has 2 N–H and O–H groups in total.